The summed E-state index contributed by atoms with van der Waals surface area (Å²) in [6, 6.07) is 63.0. The molecule has 0 atom stereocenters. The van der Waals surface area contributed by atoms with Gasteiger partial charge in [-0.3, -0.25) is 9.80 Å². The summed E-state index contributed by atoms with van der Waals surface area (Å²) < 4.78 is 2.63. The molecule has 0 radical (unpaired) electrons. The molecule has 58 heavy (non-hydrogen) atoms. The van der Waals surface area contributed by atoms with Crippen molar-refractivity contribution in [2.45, 2.75) is 38.5 Å². The second-order valence-corrected chi connectivity index (χ2v) is 17.7. The van der Waals surface area contributed by atoms with Gasteiger partial charge < -0.3 is 0 Å². The Balaban J connectivity index is 1.19. The van der Waals surface area contributed by atoms with Crippen molar-refractivity contribution in [2.24, 2.45) is 0 Å². The average Bonchev–Trinajstić information content (AvgIpc) is 3.63. The van der Waals surface area contributed by atoms with Crippen LogP contribution in [0.5, 0.6) is 0 Å². The number of aromatic nitrogens is 2. The Bertz CT molecular complexity index is 2930. The molecular formula is C52H41BN4S. The highest BCUT2D eigenvalue weighted by atomic mass is 32.1. The summed E-state index contributed by atoms with van der Waals surface area (Å²) >= 11 is 1.90. The molecule has 2 aliphatic rings. The number of pyridine rings is 2. The molecule has 278 valence electrons. The zero-order chi connectivity index (χ0) is 39.2. The first kappa shape index (κ1) is 34.7. The van der Waals surface area contributed by atoms with Crippen LogP contribution >= 0.6 is 11.3 Å². The molecule has 11 rings (SSSR count). The van der Waals surface area contributed by atoms with Gasteiger partial charge in [0.05, 0.1) is 0 Å². The lowest BCUT2D eigenvalue weighted by Gasteiger charge is -2.46. The predicted molar refractivity (Wildman–Crippen MR) is 246 cm³/mol. The van der Waals surface area contributed by atoms with Crippen LogP contribution in [0.15, 0.2) is 176 Å². The summed E-state index contributed by atoms with van der Waals surface area (Å²) in [7, 11) is 0. The second-order valence-electron chi connectivity index (χ2n) is 16.6. The largest absolute Gasteiger partial charge is 0.295 e. The monoisotopic (exact) mass is 764 g/mol. The minimum absolute atomic E-state index is 0.0361. The third kappa shape index (κ3) is 5.14. The van der Waals surface area contributed by atoms with Gasteiger partial charge in [-0.25, -0.2) is 9.97 Å². The van der Waals surface area contributed by atoms with E-state index in [2.05, 4.69) is 213 Å². The highest BCUT2D eigenvalue weighted by molar-refractivity contribution is 7.26. The summed E-state index contributed by atoms with van der Waals surface area (Å²) in [4.78, 5) is 16.1. The van der Waals surface area contributed by atoms with Crippen molar-refractivity contribution < 1.29 is 0 Å². The molecule has 0 saturated carbocycles. The van der Waals surface area contributed by atoms with Gasteiger partial charge in [0.2, 0.25) is 6.71 Å². The highest BCUT2D eigenvalue weighted by Gasteiger charge is 2.51. The highest BCUT2D eigenvalue weighted by Crippen LogP contribution is 2.48. The second kappa shape index (κ2) is 13.0. The number of hydrogen-bond acceptors (Lipinski definition) is 5. The van der Waals surface area contributed by atoms with Crippen molar-refractivity contribution in [1.29, 1.82) is 0 Å². The average molecular weight is 765 g/mol. The first-order valence-corrected chi connectivity index (χ1v) is 20.9. The molecule has 4 nitrogen and oxygen atoms in total. The molecule has 0 bridgehead atoms. The van der Waals surface area contributed by atoms with Gasteiger partial charge in [0, 0.05) is 65.1 Å². The van der Waals surface area contributed by atoms with Crippen molar-refractivity contribution >= 4 is 89.0 Å². The summed E-state index contributed by atoms with van der Waals surface area (Å²) in [6.07, 6.45) is 0. The summed E-state index contributed by atoms with van der Waals surface area (Å²) in [5, 5.41) is 2.68. The zero-order valence-corrected chi connectivity index (χ0v) is 33.8. The van der Waals surface area contributed by atoms with E-state index >= 15 is 0 Å². The molecule has 5 heterocycles. The molecular weight excluding hydrogens is 723 g/mol. The Morgan fingerprint density at radius 3 is 1.38 bits per heavy atom. The molecule has 0 amide bonds. The number of hydrogen-bond donors (Lipinski definition) is 0. The van der Waals surface area contributed by atoms with Gasteiger partial charge in [-0.2, -0.15) is 0 Å². The van der Waals surface area contributed by atoms with E-state index in [0.717, 1.165) is 45.8 Å². The molecule has 3 aromatic heterocycles. The van der Waals surface area contributed by atoms with E-state index in [1.807, 2.05) is 11.3 Å². The fourth-order valence-electron chi connectivity index (χ4n) is 9.86. The van der Waals surface area contributed by atoms with Crippen LogP contribution in [-0.4, -0.2) is 16.7 Å². The predicted octanol–water partition coefficient (Wildman–Crippen LogP) is 11.6. The van der Waals surface area contributed by atoms with Gasteiger partial charge in [-0.05, 0) is 94.8 Å². The number of thiophene rings is 1. The topological polar surface area (TPSA) is 32.3 Å². The van der Waals surface area contributed by atoms with Crippen LogP contribution in [0.2, 0.25) is 0 Å². The van der Waals surface area contributed by atoms with Crippen molar-refractivity contribution in [3.8, 4) is 0 Å². The van der Waals surface area contributed by atoms with Gasteiger partial charge >= 0.3 is 0 Å². The molecule has 0 N–H and O–H groups in total. The van der Waals surface area contributed by atoms with Crippen LogP contribution in [0.1, 0.15) is 50.2 Å². The van der Waals surface area contributed by atoms with Crippen LogP contribution in [0, 0.1) is 0 Å². The molecule has 0 unspecified atom stereocenters. The van der Waals surface area contributed by atoms with Crippen LogP contribution in [0.4, 0.5) is 34.4 Å². The van der Waals surface area contributed by atoms with Crippen molar-refractivity contribution in [2.75, 3.05) is 9.80 Å². The number of fused-ring (bicyclic) bond motifs is 8. The molecule has 0 fully saturated rings. The van der Waals surface area contributed by atoms with Crippen LogP contribution in [-0.2, 0) is 10.8 Å². The SMILES string of the molecule is CC1(C)c2cc3sc4ccccc4c3c3c2B(c2ccc(N(c4ccccc4)c4ccccc4)nc21)c1ccc(N(c2ccccc2)c2ccccc2)nc1C3(C)C. The van der Waals surface area contributed by atoms with Gasteiger partial charge in [0.1, 0.15) is 11.6 Å². The van der Waals surface area contributed by atoms with Crippen LogP contribution < -0.4 is 26.2 Å². The molecule has 0 spiro atoms. The van der Waals surface area contributed by atoms with Crippen molar-refractivity contribution in [1.82, 2.24) is 9.97 Å². The smallest absolute Gasteiger partial charge is 0.246 e. The lowest BCUT2D eigenvalue weighted by atomic mass is 9.28. The lowest BCUT2D eigenvalue weighted by Crippen LogP contribution is -2.67. The van der Waals surface area contributed by atoms with Crippen molar-refractivity contribution in [3.63, 3.8) is 0 Å². The van der Waals surface area contributed by atoms with E-state index in [0.29, 0.717) is 0 Å². The Morgan fingerprint density at radius 1 is 0.466 bits per heavy atom. The van der Waals surface area contributed by atoms with E-state index < -0.39 is 5.41 Å². The van der Waals surface area contributed by atoms with Gasteiger partial charge in [-0.1, -0.05) is 136 Å². The summed E-state index contributed by atoms with van der Waals surface area (Å²) in [6.45, 7) is 9.52. The van der Waals surface area contributed by atoms with E-state index in [1.165, 1.54) is 47.7 Å². The molecule has 9 aromatic rings. The number of rotatable bonds is 6. The minimum Gasteiger partial charge on any atom is -0.295 e. The Morgan fingerprint density at radius 2 is 0.897 bits per heavy atom. The summed E-state index contributed by atoms with van der Waals surface area (Å²) in [5.74, 6) is 1.81. The molecule has 0 saturated heterocycles. The maximum absolute atomic E-state index is 5.78. The minimum atomic E-state index is -0.410. The Labute approximate surface area is 344 Å². The fourth-order valence-corrected chi connectivity index (χ4v) is 11.0. The Kier molecular flexibility index (Phi) is 7.80. The molecule has 6 aromatic carbocycles. The van der Waals surface area contributed by atoms with Gasteiger partial charge in [0.15, 0.2) is 0 Å². The molecule has 0 aliphatic carbocycles. The molecule has 2 aliphatic heterocycles. The third-order valence-corrected chi connectivity index (χ3v) is 13.6. The van der Waals surface area contributed by atoms with Crippen LogP contribution in [0.25, 0.3) is 20.2 Å². The quantitative estimate of drug-likeness (QED) is 0.158. The maximum atomic E-state index is 5.78. The van der Waals surface area contributed by atoms with E-state index in [4.69, 9.17) is 9.97 Å². The van der Waals surface area contributed by atoms with E-state index in [-0.39, 0.29) is 12.1 Å². The first-order chi connectivity index (χ1) is 28.3. The van der Waals surface area contributed by atoms with Crippen LogP contribution in [0.3, 0.4) is 0 Å². The normalized spacial score (nSPS) is 14.4. The number of nitrogens with zero attached hydrogens (tertiary/aromatic N) is 4. The molecule has 6 heteroatoms. The standard InChI is InChI=1S/C52H41BN4S/c1-51(2)39-33-43-46(38-27-17-18-28-42(38)58-43)47-48(39)53(40-29-31-44(54-49(40)51)56(34-19-9-5-10-20-34)35-21-11-6-12-22-35)41-30-32-45(55-50(41)52(47,3)4)57(36-23-13-7-14-24-36)37-25-15-8-16-26-37/h5-33H,1-4H3. The van der Waals surface area contributed by atoms with E-state index in [9.17, 15) is 0 Å². The third-order valence-electron chi connectivity index (χ3n) is 12.4. The van der Waals surface area contributed by atoms with E-state index in [1.54, 1.807) is 0 Å². The lowest BCUT2D eigenvalue weighted by molar-refractivity contribution is 0.604. The fraction of sp³-hybridized carbons (Fsp3) is 0.115. The first-order valence-electron chi connectivity index (χ1n) is 20.1. The van der Waals surface area contributed by atoms with Crippen molar-refractivity contribution in [3.05, 3.63) is 198 Å². The maximum Gasteiger partial charge on any atom is 0.246 e. The summed E-state index contributed by atoms with van der Waals surface area (Å²) in [5.41, 5.74) is 12.4. The number of para-hydroxylation sites is 4. The van der Waals surface area contributed by atoms with Gasteiger partial charge in [-0.15, -0.1) is 11.3 Å². The number of benzene rings is 6. The zero-order valence-electron chi connectivity index (χ0n) is 33.0. The van der Waals surface area contributed by atoms with Gasteiger partial charge in [0.25, 0.3) is 0 Å². The number of anilines is 6. The Hall–Kier alpha value is -6.50.